The van der Waals surface area contributed by atoms with Crippen molar-refractivity contribution in [3.05, 3.63) is 53.7 Å². The standard InChI is InChI=1S/C14H14N2O2/c1-2-5-11-6-3-4-7-13(11)18-14-9-8-12(10-17)15-16-14/h2-9,17H,10H2,1H3/b5-2+. The first-order chi connectivity index (χ1) is 8.83. The first-order valence-corrected chi connectivity index (χ1v) is 5.66. The third kappa shape index (κ3) is 2.93. The Bertz CT molecular complexity index is 536. The number of aromatic nitrogens is 2. The van der Waals surface area contributed by atoms with Gasteiger partial charge in [0.05, 0.1) is 12.3 Å². The van der Waals surface area contributed by atoms with E-state index < -0.39 is 0 Å². The highest BCUT2D eigenvalue weighted by atomic mass is 16.5. The number of hydrogen-bond donors (Lipinski definition) is 1. The summed E-state index contributed by atoms with van der Waals surface area (Å²) in [6.45, 7) is 1.83. The van der Waals surface area contributed by atoms with Gasteiger partial charge >= 0.3 is 0 Å². The second-order valence-corrected chi connectivity index (χ2v) is 3.66. The van der Waals surface area contributed by atoms with Gasteiger partial charge in [0, 0.05) is 11.6 Å². The zero-order chi connectivity index (χ0) is 12.8. The first kappa shape index (κ1) is 12.3. The van der Waals surface area contributed by atoms with E-state index in [1.807, 2.05) is 43.3 Å². The van der Waals surface area contributed by atoms with E-state index in [0.717, 1.165) is 11.3 Å². The van der Waals surface area contributed by atoms with E-state index >= 15 is 0 Å². The van der Waals surface area contributed by atoms with Gasteiger partial charge in [0.25, 0.3) is 0 Å². The molecule has 0 saturated heterocycles. The van der Waals surface area contributed by atoms with Gasteiger partial charge in [-0.2, -0.15) is 0 Å². The van der Waals surface area contributed by atoms with Crippen LogP contribution in [0, 0.1) is 0 Å². The third-order valence-corrected chi connectivity index (χ3v) is 2.34. The molecule has 4 nitrogen and oxygen atoms in total. The van der Waals surface area contributed by atoms with Gasteiger partial charge < -0.3 is 9.84 Å². The Hall–Kier alpha value is -2.20. The fourth-order valence-electron chi connectivity index (χ4n) is 1.49. The summed E-state index contributed by atoms with van der Waals surface area (Å²) in [5, 5.41) is 16.6. The molecule has 0 radical (unpaired) electrons. The van der Waals surface area contributed by atoms with E-state index in [4.69, 9.17) is 9.84 Å². The lowest BCUT2D eigenvalue weighted by Crippen LogP contribution is -1.95. The Labute approximate surface area is 106 Å². The van der Waals surface area contributed by atoms with Crippen molar-refractivity contribution >= 4 is 6.08 Å². The molecule has 0 aliphatic heterocycles. The molecule has 1 aromatic heterocycles. The Kier molecular flexibility index (Phi) is 4.04. The van der Waals surface area contributed by atoms with Gasteiger partial charge in [0.1, 0.15) is 5.75 Å². The smallest absolute Gasteiger partial charge is 0.238 e. The lowest BCUT2D eigenvalue weighted by atomic mass is 10.2. The highest BCUT2D eigenvalue weighted by Gasteiger charge is 2.03. The van der Waals surface area contributed by atoms with Crippen molar-refractivity contribution in [1.82, 2.24) is 10.2 Å². The molecular formula is C14H14N2O2. The van der Waals surface area contributed by atoms with Crippen molar-refractivity contribution in [2.24, 2.45) is 0 Å². The summed E-state index contributed by atoms with van der Waals surface area (Å²) in [6.07, 6.45) is 3.91. The van der Waals surface area contributed by atoms with Gasteiger partial charge in [-0.3, -0.25) is 0 Å². The van der Waals surface area contributed by atoms with Gasteiger partial charge in [-0.15, -0.1) is 10.2 Å². The average molecular weight is 242 g/mol. The fourth-order valence-corrected chi connectivity index (χ4v) is 1.49. The van der Waals surface area contributed by atoms with Crippen LogP contribution in [0.3, 0.4) is 0 Å². The number of allylic oxidation sites excluding steroid dienone is 1. The first-order valence-electron chi connectivity index (χ1n) is 5.66. The highest BCUT2D eigenvalue weighted by molar-refractivity contribution is 5.57. The minimum atomic E-state index is -0.123. The van der Waals surface area contributed by atoms with Crippen molar-refractivity contribution in [2.45, 2.75) is 13.5 Å². The van der Waals surface area contributed by atoms with Gasteiger partial charge in [0.2, 0.25) is 5.88 Å². The number of benzene rings is 1. The number of para-hydroxylation sites is 1. The number of aliphatic hydroxyl groups excluding tert-OH is 1. The molecule has 4 heteroatoms. The van der Waals surface area contributed by atoms with E-state index in [0.29, 0.717) is 11.6 Å². The van der Waals surface area contributed by atoms with Crippen molar-refractivity contribution in [1.29, 1.82) is 0 Å². The minimum Gasteiger partial charge on any atom is -0.437 e. The maximum atomic E-state index is 8.88. The van der Waals surface area contributed by atoms with Crippen LogP contribution in [0.5, 0.6) is 11.6 Å². The molecule has 0 amide bonds. The topological polar surface area (TPSA) is 55.2 Å². The van der Waals surface area contributed by atoms with Crippen molar-refractivity contribution in [3.63, 3.8) is 0 Å². The summed E-state index contributed by atoms with van der Waals surface area (Å²) >= 11 is 0. The van der Waals surface area contributed by atoms with E-state index in [-0.39, 0.29) is 6.61 Å². The lowest BCUT2D eigenvalue weighted by Gasteiger charge is -2.07. The molecule has 0 saturated carbocycles. The minimum absolute atomic E-state index is 0.123. The largest absolute Gasteiger partial charge is 0.437 e. The summed E-state index contributed by atoms with van der Waals surface area (Å²) < 4.78 is 5.66. The van der Waals surface area contributed by atoms with E-state index in [1.165, 1.54) is 0 Å². The molecule has 0 spiro atoms. The maximum absolute atomic E-state index is 8.88. The molecule has 1 N–H and O–H groups in total. The zero-order valence-corrected chi connectivity index (χ0v) is 10.1. The summed E-state index contributed by atoms with van der Waals surface area (Å²) in [6, 6.07) is 11.0. The average Bonchev–Trinajstić information content (AvgIpc) is 2.42. The number of ether oxygens (including phenoxy) is 1. The molecule has 0 bridgehead atoms. The Balaban J connectivity index is 2.22. The number of nitrogens with zero attached hydrogens (tertiary/aromatic N) is 2. The molecule has 2 aromatic rings. The van der Waals surface area contributed by atoms with E-state index in [2.05, 4.69) is 10.2 Å². The van der Waals surface area contributed by atoms with Gasteiger partial charge in [-0.25, -0.2) is 0 Å². The van der Waals surface area contributed by atoms with Crippen molar-refractivity contribution in [3.8, 4) is 11.6 Å². The lowest BCUT2D eigenvalue weighted by molar-refractivity contribution is 0.274. The Morgan fingerprint density at radius 3 is 2.67 bits per heavy atom. The quantitative estimate of drug-likeness (QED) is 0.895. The van der Waals surface area contributed by atoms with Crippen LogP contribution < -0.4 is 4.74 Å². The van der Waals surface area contributed by atoms with Crippen LogP contribution in [0.2, 0.25) is 0 Å². The number of aliphatic hydroxyl groups is 1. The summed E-state index contributed by atoms with van der Waals surface area (Å²) in [7, 11) is 0. The third-order valence-electron chi connectivity index (χ3n) is 2.34. The van der Waals surface area contributed by atoms with Gasteiger partial charge in [-0.05, 0) is 19.1 Å². The van der Waals surface area contributed by atoms with Crippen LogP contribution in [-0.4, -0.2) is 15.3 Å². The monoisotopic (exact) mass is 242 g/mol. The Morgan fingerprint density at radius 2 is 2.00 bits per heavy atom. The molecule has 0 aliphatic rings. The number of rotatable bonds is 4. The predicted molar refractivity (Wildman–Crippen MR) is 69.2 cm³/mol. The Morgan fingerprint density at radius 1 is 1.17 bits per heavy atom. The van der Waals surface area contributed by atoms with Crippen molar-refractivity contribution < 1.29 is 9.84 Å². The van der Waals surface area contributed by atoms with Crippen LogP contribution in [0.1, 0.15) is 18.2 Å². The number of hydrogen-bond acceptors (Lipinski definition) is 4. The molecule has 0 aliphatic carbocycles. The van der Waals surface area contributed by atoms with E-state index in [1.54, 1.807) is 12.1 Å². The molecule has 18 heavy (non-hydrogen) atoms. The second-order valence-electron chi connectivity index (χ2n) is 3.66. The van der Waals surface area contributed by atoms with Gasteiger partial charge in [-0.1, -0.05) is 30.4 Å². The second kappa shape index (κ2) is 5.93. The molecule has 2 rings (SSSR count). The molecule has 1 aromatic carbocycles. The summed E-state index contributed by atoms with van der Waals surface area (Å²) in [4.78, 5) is 0. The van der Waals surface area contributed by atoms with Crippen LogP contribution >= 0.6 is 0 Å². The van der Waals surface area contributed by atoms with Crippen LogP contribution in [0.15, 0.2) is 42.5 Å². The molecule has 0 unspecified atom stereocenters. The molecule has 0 atom stereocenters. The van der Waals surface area contributed by atoms with Crippen LogP contribution in [0.25, 0.3) is 6.08 Å². The molecule has 1 heterocycles. The van der Waals surface area contributed by atoms with Crippen LogP contribution in [0.4, 0.5) is 0 Å². The molecule has 92 valence electrons. The predicted octanol–water partition coefficient (Wildman–Crippen LogP) is 2.79. The zero-order valence-electron chi connectivity index (χ0n) is 10.1. The SMILES string of the molecule is C/C=C/c1ccccc1Oc1ccc(CO)nn1. The highest BCUT2D eigenvalue weighted by Crippen LogP contribution is 2.24. The maximum Gasteiger partial charge on any atom is 0.238 e. The van der Waals surface area contributed by atoms with Gasteiger partial charge in [0.15, 0.2) is 0 Å². The fraction of sp³-hybridized carbons (Fsp3) is 0.143. The molecule has 0 fully saturated rings. The molecular weight excluding hydrogens is 228 g/mol. The summed E-state index contributed by atoms with van der Waals surface area (Å²) in [5.41, 5.74) is 1.50. The van der Waals surface area contributed by atoms with E-state index in [9.17, 15) is 0 Å². The summed E-state index contributed by atoms with van der Waals surface area (Å²) in [5.74, 6) is 1.13. The van der Waals surface area contributed by atoms with Crippen LogP contribution in [-0.2, 0) is 6.61 Å². The van der Waals surface area contributed by atoms with Crippen molar-refractivity contribution in [2.75, 3.05) is 0 Å². The normalized spacial score (nSPS) is 10.8.